The Morgan fingerprint density at radius 1 is 1.28 bits per heavy atom. The third-order valence-electron chi connectivity index (χ3n) is 2.90. The van der Waals surface area contributed by atoms with Gasteiger partial charge in [-0.25, -0.2) is 4.39 Å². The van der Waals surface area contributed by atoms with Gasteiger partial charge in [0.2, 0.25) is 0 Å². The van der Waals surface area contributed by atoms with Gasteiger partial charge in [-0.1, -0.05) is 6.07 Å². The largest absolute Gasteiger partial charge is 0.489 e. The van der Waals surface area contributed by atoms with Gasteiger partial charge in [0.05, 0.1) is 19.1 Å². The lowest BCUT2D eigenvalue weighted by Crippen LogP contribution is -2.42. The minimum absolute atomic E-state index is 0. The van der Waals surface area contributed by atoms with Crippen LogP contribution in [0.3, 0.4) is 0 Å². The maximum Gasteiger partial charge on any atom is 0.307 e. The number of carbonyl (C=O) groups is 1. The number of esters is 1. The molecule has 0 bridgehead atoms. The number of hydrogen-bond donors (Lipinski definition) is 2. The zero-order valence-electron chi connectivity index (χ0n) is 15.0. The molecule has 0 spiro atoms. The molecule has 0 aliphatic rings. The first-order chi connectivity index (χ1) is 11.4. The lowest BCUT2D eigenvalue weighted by Gasteiger charge is -2.17. The van der Waals surface area contributed by atoms with Crippen molar-refractivity contribution in [1.82, 2.24) is 10.6 Å². The van der Waals surface area contributed by atoms with E-state index in [-0.39, 0.29) is 54.4 Å². The normalized spacial score (nSPS) is 12.2. The molecule has 0 saturated heterocycles. The smallest absolute Gasteiger partial charge is 0.307 e. The van der Waals surface area contributed by atoms with Crippen LogP contribution in [0.25, 0.3) is 0 Å². The second-order valence-electron chi connectivity index (χ2n) is 5.55. The van der Waals surface area contributed by atoms with E-state index in [0.29, 0.717) is 24.8 Å². The molecule has 1 aromatic rings. The highest BCUT2D eigenvalue weighted by atomic mass is 127. The predicted molar refractivity (Wildman–Crippen MR) is 107 cm³/mol. The molecule has 1 unspecified atom stereocenters. The summed E-state index contributed by atoms with van der Waals surface area (Å²) in [7, 11) is 1.64. The molecule has 6 nitrogen and oxygen atoms in total. The maximum atomic E-state index is 13.1. The van der Waals surface area contributed by atoms with Crippen molar-refractivity contribution in [2.45, 2.75) is 39.4 Å². The Labute approximate surface area is 165 Å². The van der Waals surface area contributed by atoms with Crippen LogP contribution in [0.15, 0.2) is 29.3 Å². The summed E-state index contributed by atoms with van der Waals surface area (Å²) in [5.41, 5.74) is 0. The summed E-state index contributed by atoms with van der Waals surface area (Å²) in [6.45, 7) is 6.39. The molecule has 1 rings (SSSR count). The van der Waals surface area contributed by atoms with E-state index in [4.69, 9.17) is 9.47 Å². The number of carbonyl (C=O) groups excluding carboxylic acids is 1. The van der Waals surface area contributed by atoms with E-state index in [1.807, 2.05) is 20.8 Å². The Kier molecular flexibility index (Phi) is 11.9. The van der Waals surface area contributed by atoms with E-state index in [2.05, 4.69) is 15.6 Å². The Bertz CT molecular complexity index is 556. The van der Waals surface area contributed by atoms with Gasteiger partial charge >= 0.3 is 5.97 Å². The lowest BCUT2D eigenvalue weighted by molar-refractivity contribution is -0.147. The van der Waals surface area contributed by atoms with Crippen molar-refractivity contribution in [1.29, 1.82) is 0 Å². The third-order valence-corrected chi connectivity index (χ3v) is 2.90. The van der Waals surface area contributed by atoms with Gasteiger partial charge in [0.1, 0.15) is 17.7 Å². The number of nitrogens with zero attached hydrogens (tertiary/aromatic N) is 1. The van der Waals surface area contributed by atoms with Crippen LogP contribution >= 0.6 is 24.0 Å². The number of hydrogen-bond acceptors (Lipinski definition) is 4. The maximum absolute atomic E-state index is 13.1. The standard InChI is InChI=1S/C17H26FN3O3.HI/c1-12(2)23-16(22)8-9-20-17(19-4)21-11-13(3)24-15-7-5-6-14(18)10-15;/h5-7,10,12-13H,8-9,11H2,1-4H3,(H2,19,20,21);1H. The van der Waals surface area contributed by atoms with E-state index < -0.39 is 0 Å². The first kappa shape index (κ1) is 23.4. The van der Waals surface area contributed by atoms with Gasteiger partial charge in [0, 0.05) is 19.7 Å². The summed E-state index contributed by atoms with van der Waals surface area (Å²) in [6.07, 6.45) is -0.0409. The molecule has 0 heterocycles. The number of rotatable bonds is 8. The number of nitrogens with one attached hydrogen (secondary N) is 2. The average molecular weight is 467 g/mol. The molecule has 25 heavy (non-hydrogen) atoms. The molecule has 8 heteroatoms. The van der Waals surface area contributed by atoms with E-state index in [1.165, 1.54) is 12.1 Å². The lowest BCUT2D eigenvalue weighted by atomic mass is 10.3. The fourth-order valence-corrected chi connectivity index (χ4v) is 1.88. The number of halogens is 2. The van der Waals surface area contributed by atoms with Crippen molar-refractivity contribution < 1.29 is 18.7 Å². The monoisotopic (exact) mass is 467 g/mol. The van der Waals surface area contributed by atoms with Crippen molar-refractivity contribution in [3.05, 3.63) is 30.1 Å². The molecule has 0 fully saturated rings. The fraction of sp³-hybridized carbons (Fsp3) is 0.529. The quantitative estimate of drug-likeness (QED) is 0.266. The Hall–Kier alpha value is -1.58. The van der Waals surface area contributed by atoms with Crippen LogP contribution in [0.4, 0.5) is 4.39 Å². The van der Waals surface area contributed by atoms with Crippen LogP contribution in [0.2, 0.25) is 0 Å². The van der Waals surface area contributed by atoms with Gasteiger partial charge in [-0.3, -0.25) is 9.79 Å². The summed E-state index contributed by atoms with van der Waals surface area (Å²) in [6, 6.07) is 6.00. The third kappa shape index (κ3) is 10.8. The van der Waals surface area contributed by atoms with Crippen LogP contribution < -0.4 is 15.4 Å². The summed E-state index contributed by atoms with van der Waals surface area (Å²) < 4.78 is 23.8. The van der Waals surface area contributed by atoms with Crippen molar-refractivity contribution in [3.8, 4) is 5.75 Å². The van der Waals surface area contributed by atoms with E-state index in [1.54, 1.807) is 19.2 Å². The van der Waals surface area contributed by atoms with Crippen molar-refractivity contribution in [2.75, 3.05) is 20.1 Å². The van der Waals surface area contributed by atoms with Gasteiger partial charge in [-0.15, -0.1) is 24.0 Å². The summed E-state index contributed by atoms with van der Waals surface area (Å²) in [4.78, 5) is 15.5. The summed E-state index contributed by atoms with van der Waals surface area (Å²) in [5, 5.41) is 6.11. The molecule has 0 radical (unpaired) electrons. The molecule has 1 aromatic carbocycles. The number of ether oxygens (including phenoxy) is 2. The minimum Gasteiger partial charge on any atom is -0.489 e. The molecule has 0 aliphatic carbocycles. The van der Waals surface area contributed by atoms with Gasteiger partial charge in [-0.2, -0.15) is 0 Å². The predicted octanol–water partition coefficient (Wildman–Crippen LogP) is 2.72. The molecular formula is C17H27FIN3O3. The van der Waals surface area contributed by atoms with Crippen LogP contribution in [0.5, 0.6) is 5.75 Å². The first-order valence-electron chi connectivity index (χ1n) is 7.97. The zero-order chi connectivity index (χ0) is 17.9. The van der Waals surface area contributed by atoms with Gasteiger partial charge in [-0.05, 0) is 32.9 Å². The first-order valence-corrected chi connectivity index (χ1v) is 7.97. The second-order valence-corrected chi connectivity index (χ2v) is 5.55. The molecule has 0 aromatic heterocycles. The molecule has 142 valence electrons. The number of benzene rings is 1. The van der Waals surface area contributed by atoms with E-state index >= 15 is 0 Å². The highest BCUT2D eigenvalue weighted by molar-refractivity contribution is 14.0. The van der Waals surface area contributed by atoms with E-state index in [9.17, 15) is 9.18 Å². The minimum atomic E-state index is -0.335. The topological polar surface area (TPSA) is 72.0 Å². The molecule has 0 amide bonds. The molecular weight excluding hydrogens is 440 g/mol. The van der Waals surface area contributed by atoms with Crippen LogP contribution in [0, 0.1) is 5.82 Å². The van der Waals surface area contributed by atoms with E-state index in [0.717, 1.165) is 0 Å². The highest BCUT2D eigenvalue weighted by Gasteiger charge is 2.08. The number of guanidine groups is 1. The zero-order valence-corrected chi connectivity index (χ0v) is 17.4. The Morgan fingerprint density at radius 2 is 2.00 bits per heavy atom. The van der Waals surface area contributed by atoms with Crippen molar-refractivity contribution >= 4 is 35.9 Å². The molecule has 2 N–H and O–H groups in total. The van der Waals surface area contributed by atoms with Crippen LogP contribution in [-0.4, -0.2) is 44.3 Å². The van der Waals surface area contributed by atoms with Crippen molar-refractivity contribution in [3.63, 3.8) is 0 Å². The highest BCUT2D eigenvalue weighted by Crippen LogP contribution is 2.13. The second kappa shape index (κ2) is 12.7. The summed E-state index contributed by atoms with van der Waals surface area (Å²) in [5.74, 6) is 0.444. The fourth-order valence-electron chi connectivity index (χ4n) is 1.88. The van der Waals surface area contributed by atoms with Gasteiger partial charge < -0.3 is 20.1 Å². The Morgan fingerprint density at radius 3 is 2.60 bits per heavy atom. The Balaban J connectivity index is 0.00000576. The molecule has 0 aliphatic heterocycles. The number of aliphatic imine (C=N–C) groups is 1. The summed E-state index contributed by atoms with van der Waals surface area (Å²) >= 11 is 0. The SMILES string of the molecule is CN=C(NCCC(=O)OC(C)C)NCC(C)Oc1cccc(F)c1.I. The van der Waals surface area contributed by atoms with Crippen LogP contribution in [-0.2, 0) is 9.53 Å². The van der Waals surface area contributed by atoms with Gasteiger partial charge in [0.15, 0.2) is 5.96 Å². The average Bonchev–Trinajstić information content (AvgIpc) is 2.50. The molecule has 1 atom stereocenters. The van der Waals surface area contributed by atoms with Gasteiger partial charge in [0.25, 0.3) is 0 Å². The van der Waals surface area contributed by atoms with Crippen LogP contribution in [0.1, 0.15) is 27.2 Å². The molecule has 0 saturated carbocycles. The van der Waals surface area contributed by atoms with Crippen molar-refractivity contribution in [2.24, 2.45) is 4.99 Å².